The molecule has 0 aliphatic heterocycles. The topological polar surface area (TPSA) is 46.2 Å². The van der Waals surface area contributed by atoms with E-state index < -0.39 is 11.3 Å². The Morgan fingerprint density at radius 2 is 1.82 bits per heavy atom. The van der Waals surface area contributed by atoms with Crippen LogP contribution < -0.4 is 5.32 Å². The Bertz CT molecular complexity index is 273. The summed E-state index contributed by atoms with van der Waals surface area (Å²) in [6.07, 6.45) is 5.94. The van der Waals surface area contributed by atoms with Crippen molar-refractivity contribution in [2.45, 2.75) is 58.4 Å². The predicted molar refractivity (Wildman–Crippen MR) is 68.8 cm³/mol. The first-order chi connectivity index (χ1) is 8.00. The van der Waals surface area contributed by atoms with E-state index in [4.69, 9.17) is 11.6 Å². The third-order valence-electron chi connectivity index (χ3n) is 3.27. The molecule has 1 aliphatic rings. The Morgan fingerprint density at radius 1 is 1.24 bits per heavy atom. The summed E-state index contributed by atoms with van der Waals surface area (Å²) in [6.45, 7) is 4.03. The number of amides is 1. The predicted octanol–water partition coefficient (Wildman–Crippen LogP) is 2.86. The molecule has 0 radical (unpaired) electrons. The van der Waals surface area contributed by atoms with Gasteiger partial charge < -0.3 is 5.32 Å². The summed E-state index contributed by atoms with van der Waals surface area (Å²) in [4.78, 5) is 23.2. The van der Waals surface area contributed by atoms with E-state index in [0.717, 1.165) is 25.7 Å². The van der Waals surface area contributed by atoms with Crippen molar-refractivity contribution < 1.29 is 9.59 Å². The van der Waals surface area contributed by atoms with Crippen LogP contribution in [0.4, 0.5) is 0 Å². The van der Waals surface area contributed by atoms with Gasteiger partial charge in [-0.05, 0) is 36.8 Å². The molecule has 1 N–H and O–H groups in total. The molecule has 0 bridgehead atoms. The Morgan fingerprint density at radius 3 is 2.29 bits per heavy atom. The fourth-order valence-corrected chi connectivity index (χ4v) is 2.48. The molecule has 1 atom stereocenters. The molecule has 0 aromatic heterocycles. The summed E-state index contributed by atoms with van der Waals surface area (Å²) < 4.78 is 0. The van der Waals surface area contributed by atoms with Crippen LogP contribution in [0.1, 0.15) is 52.4 Å². The standard InChI is InChI=1S/C13H22ClNO2/c1-9(2)8-11(12(14)16)15-13(17)10-6-4-3-5-7-10/h9-11H,3-8H2,1-2H3,(H,15,17). The first-order valence-electron chi connectivity index (χ1n) is 6.50. The van der Waals surface area contributed by atoms with Gasteiger partial charge in [-0.15, -0.1) is 0 Å². The van der Waals surface area contributed by atoms with Gasteiger partial charge in [-0.3, -0.25) is 9.59 Å². The maximum Gasteiger partial charge on any atom is 0.244 e. The maximum absolute atomic E-state index is 12.0. The van der Waals surface area contributed by atoms with E-state index in [2.05, 4.69) is 5.32 Å². The summed E-state index contributed by atoms with van der Waals surface area (Å²) in [5.41, 5.74) is 0. The molecule has 17 heavy (non-hydrogen) atoms. The molecule has 0 heterocycles. The van der Waals surface area contributed by atoms with Gasteiger partial charge in [0, 0.05) is 5.92 Å². The minimum atomic E-state index is -0.522. The molecule has 3 nitrogen and oxygen atoms in total. The molecule has 1 fully saturated rings. The van der Waals surface area contributed by atoms with Crippen LogP contribution >= 0.6 is 11.6 Å². The normalized spacial score (nSPS) is 19.1. The monoisotopic (exact) mass is 259 g/mol. The van der Waals surface area contributed by atoms with Gasteiger partial charge in [-0.2, -0.15) is 0 Å². The number of rotatable bonds is 5. The van der Waals surface area contributed by atoms with Gasteiger partial charge in [0.2, 0.25) is 11.1 Å². The van der Waals surface area contributed by atoms with Gasteiger partial charge in [0.25, 0.3) is 0 Å². The van der Waals surface area contributed by atoms with E-state index in [-0.39, 0.29) is 11.8 Å². The number of hydrogen-bond donors (Lipinski definition) is 1. The molecule has 0 aromatic rings. The minimum Gasteiger partial charge on any atom is -0.345 e. The lowest BCUT2D eigenvalue weighted by molar-refractivity contribution is -0.129. The zero-order valence-corrected chi connectivity index (χ0v) is 11.4. The number of nitrogens with one attached hydrogen (secondary N) is 1. The van der Waals surface area contributed by atoms with Gasteiger partial charge in [0.05, 0.1) is 0 Å². The third kappa shape index (κ3) is 5.07. The summed E-state index contributed by atoms with van der Waals surface area (Å²) in [5, 5.41) is 2.34. The molecule has 1 aliphatic carbocycles. The molecule has 4 heteroatoms. The van der Waals surface area contributed by atoms with Gasteiger partial charge in [-0.25, -0.2) is 0 Å². The van der Waals surface area contributed by atoms with Crippen molar-refractivity contribution in [2.24, 2.45) is 11.8 Å². The summed E-state index contributed by atoms with van der Waals surface area (Å²) in [6, 6.07) is -0.522. The van der Waals surface area contributed by atoms with Gasteiger partial charge >= 0.3 is 0 Å². The van der Waals surface area contributed by atoms with E-state index >= 15 is 0 Å². The molecular weight excluding hydrogens is 238 g/mol. The van der Waals surface area contributed by atoms with Crippen LogP contribution in [0, 0.1) is 11.8 Å². The highest BCUT2D eigenvalue weighted by atomic mass is 35.5. The van der Waals surface area contributed by atoms with Crippen LogP contribution in [-0.4, -0.2) is 17.2 Å². The van der Waals surface area contributed by atoms with Crippen LogP contribution in [-0.2, 0) is 9.59 Å². The van der Waals surface area contributed by atoms with Crippen molar-refractivity contribution in [2.75, 3.05) is 0 Å². The molecule has 1 saturated carbocycles. The van der Waals surface area contributed by atoms with E-state index in [1.165, 1.54) is 6.42 Å². The quantitative estimate of drug-likeness (QED) is 0.772. The average molecular weight is 260 g/mol. The van der Waals surface area contributed by atoms with E-state index in [1.54, 1.807) is 0 Å². The van der Waals surface area contributed by atoms with Crippen LogP contribution in [0.5, 0.6) is 0 Å². The highest BCUT2D eigenvalue weighted by Gasteiger charge is 2.26. The number of halogens is 1. The maximum atomic E-state index is 12.0. The van der Waals surface area contributed by atoms with Crippen molar-refractivity contribution in [3.8, 4) is 0 Å². The lowest BCUT2D eigenvalue weighted by Crippen LogP contribution is -2.43. The van der Waals surface area contributed by atoms with Crippen molar-refractivity contribution in [1.82, 2.24) is 5.32 Å². The third-order valence-corrected chi connectivity index (χ3v) is 3.54. The Labute approximate surface area is 108 Å². The van der Waals surface area contributed by atoms with Crippen LogP contribution in [0.3, 0.4) is 0 Å². The zero-order valence-electron chi connectivity index (χ0n) is 10.7. The largest absolute Gasteiger partial charge is 0.345 e. The molecule has 0 spiro atoms. The van der Waals surface area contributed by atoms with Gasteiger partial charge in [0.1, 0.15) is 6.04 Å². The second-order valence-electron chi connectivity index (χ2n) is 5.33. The fourth-order valence-electron chi connectivity index (χ4n) is 2.33. The number of hydrogen-bond acceptors (Lipinski definition) is 2. The minimum absolute atomic E-state index is 0.00403. The summed E-state index contributed by atoms with van der Waals surface area (Å²) >= 11 is 5.52. The van der Waals surface area contributed by atoms with Gasteiger partial charge in [-0.1, -0.05) is 33.1 Å². The Kier molecular flexibility index (Phi) is 5.96. The van der Waals surface area contributed by atoms with E-state index in [0.29, 0.717) is 12.3 Å². The molecular formula is C13H22ClNO2. The summed E-state index contributed by atoms with van der Waals surface area (Å²) in [5.74, 6) is 0.424. The highest BCUT2D eigenvalue weighted by molar-refractivity contribution is 6.64. The van der Waals surface area contributed by atoms with Crippen LogP contribution in [0.25, 0.3) is 0 Å². The second kappa shape index (κ2) is 7.00. The lowest BCUT2D eigenvalue weighted by Gasteiger charge is -2.24. The van der Waals surface area contributed by atoms with Crippen molar-refractivity contribution in [3.63, 3.8) is 0 Å². The molecule has 1 rings (SSSR count). The smallest absolute Gasteiger partial charge is 0.244 e. The number of carbonyl (C=O) groups is 2. The SMILES string of the molecule is CC(C)CC(NC(=O)C1CCCCC1)C(=O)Cl. The molecule has 98 valence electrons. The summed E-state index contributed by atoms with van der Waals surface area (Å²) in [7, 11) is 0. The average Bonchev–Trinajstić information content (AvgIpc) is 2.28. The van der Waals surface area contributed by atoms with E-state index in [1.807, 2.05) is 13.8 Å². The highest BCUT2D eigenvalue weighted by Crippen LogP contribution is 2.24. The first-order valence-corrected chi connectivity index (χ1v) is 6.88. The van der Waals surface area contributed by atoms with Crippen LogP contribution in [0.2, 0.25) is 0 Å². The van der Waals surface area contributed by atoms with E-state index in [9.17, 15) is 9.59 Å². The Balaban J connectivity index is 2.47. The second-order valence-corrected chi connectivity index (χ2v) is 5.70. The first kappa shape index (κ1) is 14.5. The molecule has 0 saturated heterocycles. The molecule has 1 amide bonds. The molecule has 0 aromatic carbocycles. The Hall–Kier alpha value is -0.570. The molecule has 1 unspecified atom stereocenters. The van der Waals surface area contributed by atoms with Gasteiger partial charge in [0.15, 0.2) is 0 Å². The van der Waals surface area contributed by atoms with Crippen molar-refractivity contribution >= 4 is 22.8 Å². The lowest BCUT2D eigenvalue weighted by atomic mass is 9.88. The number of carbonyl (C=O) groups excluding carboxylic acids is 2. The van der Waals surface area contributed by atoms with Crippen molar-refractivity contribution in [1.29, 1.82) is 0 Å². The zero-order chi connectivity index (χ0) is 12.8. The van der Waals surface area contributed by atoms with Crippen molar-refractivity contribution in [3.05, 3.63) is 0 Å². The fraction of sp³-hybridized carbons (Fsp3) is 0.846. The van der Waals surface area contributed by atoms with Crippen LogP contribution in [0.15, 0.2) is 0 Å².